The van der Waals surface area contributed by atoms with E-state index in [9.17, 15) is 4.79 Å². The van der Waals surface area contributed by atoms with Gasteiger partial charge in [-0.05, 0) is 24.3 Å². The first-order valence-electron chi connectivity index (χ1n) is 4.52. The van der Waals surface area contributed by atoms with E-state index in [1.165, 1.54) is 0 Å². The maximum absolute atomic E-state index is 11.0. The molecule has 15 heavy (non-hydrogen) atoms. The minimum absolute atomic E-state index is 0.233. The number of carbonyl (C=O) groups is 1. The average molecular weight is 205 g/mol. The highest BCUT2D eigenvalue weighted by molar-refractivity contribution is 5.70. The lowest BCUT2D eigenvalue weighted by atomic mass is 10.2. The van der Waals surface area contributed by atoms with Crippen LogP contribution in [-0.4, -0.2) is 5.97 Å². The van der Waals surface area contributed by atoms with Gasteiger partial charge >= 0.3 is 5.97 Å². The van der Waals surface area contributed by atoms with Crippen molar-refractivity contribution in [1.82, 2.24) is 0 Å². The highest BCUT2D eigenvalue weighted by Gasteiger charge is 2.10. The average Bonchev–Trinajstić information content (AvgIpc) is 2.26. The third kappa shape index (κ3) is 3.31. The molecule has 78 valence electrons. The van der Waals surface area contributed by atoms with Gasteiger partial charge in [-0.2, -0.15) is 5.26 Å². The maximum atomic E-state index is 11.0. The lowest BCUT2D eigenvalue weighted by molar-refractivity contribution is -0.217. The fraction of sp³-hybridized carbons (Fsp3) is 0.273. The first-order valence-corrected chi connectivity index (χ1v) is 4.52. The molecule has 0 N–H and O–H groups in total. The fourth-order valence-electron chi connectivity index (χ4n) is 0.770. The molecule has 0 saturated heterocycles. The summed E-state index contributed by atoms with van der Waals surface area (Å²) < 4.78 is 0. The molecule has 1 aromatic rings. The van der Waals surface area contributed by atoms with Crippen molar-refractivity contribution in [3.8, 4) is 11.8 Å². The zero-order valence-corrected chi connectivity index (χ0v) is 8.56. The molecule has 0 aliphatic heterocycles. The number of nitrogens with zero attached hydrogens (tertiary/aromatic N) is 1. The van der Waals surface area contributed by atoms with Gasteiger partial charge in [-0.25, -0.2) is 4.79 Å². The third-order valence-electron chi connectivity index (χ3n) is 1.67. The quantitative estimate of drug-likeness (QED) is 0.559. The van der Waals surface area contributed by atoms with Crippen molar-refractivity contribution in [2.45, 2.75) is 13.8 Å². The second kappa shape index (κ2) is 5.01. The molecule has 0 atom stereocenters. The van der Waals surface area contributed by atoms with E-state index < -0.39 is 5.97 Å². The predicted molar refractivity (Wildman–Crippen MR) is 52.7 cm³/mol. The van der Waals surface area contributed by atoms with Gasteiger partial charge in [0.25, 0.3) is 0 Å². The standard InChI is InChI=1S/C11H11NO3/c1-8(2)11(13)15-14-10-5-3-9(7-12)4-6-10/h3-6,8H,1-2H3. The van der Waals surface area contributed by atoms with Crippen molar-refractivity contribution in [2.24, 2.45) is 5.92 Å². The molecule has 0 radical (unpaired) electrons. The van der Waals surface area contributed by atoms with Gasteiger partial charge in [-0.3, -0.25) is 9.78 Å². The number of carbonyl (C=O) groups excluding carboxylic acids is 1. The molecule has 0 aliphatic carbocycles. The Balaban J connectivity index is 2.52. The molecule has 0 aromatic heterocycles. The van der Waals surface area contributed by atoms with Gasteiger partial charge < -0.3 is 0 Å². The first-order chi connectivity index (χ1) is 7.13. The molecule has 1 aromatic carbocycles. The topological polar surface area (TPSA) is 59.3 Å². The summed E-state index contributed by atoms with van der Waals surface area (Å²) in [7, 11) is 0. The van der Waals surface area contributed by atoms with E-state index in [2.05, 4.69) is 4.89 Å². The number of nitriles is 1. The van der Waals surface area contributed by atoms with Crippen LogP contribution in [0.5, 0.6) is 5.75 Å². The van der Waals surface area contributed by atoms with E-state index in [0.717, 1.165) is 0 Å². The van der Waals surface area contributed by atoms with E-state index in [4.69, 9.17) is 10.1 Å². The highest BCUT2D eigenvalue weighted by atomic mass is 17.2. The minimum atomic E-state index is -0.431. The van der Waals surface area contributed by atoms with Gasteiger partial charge in [0.15, 0.2) is 5.75 Å². The Morgan fingerprint density at radius 3 is 2.40 bits per heavy atom. The Morgan fingerprint density at radius 2 is 1.93 bits per heavy atom. The Labute approximate surface area is 88.0 Å². The summed E-state index contributed by atoms with van der Waals surface area (Å²) in [4.78, 5) is 20.4. The molecule has 0 fully saturated rings. The zero-order valence-electron chi connectivity index (χ0n) is 8.56. The second-order valence-corrected chi connectivity index (χ2v) is 3.28. The number of hydrogen-bond acceptors (Lipinski definition) is 4. The molecule has 0 amide bonds. The van der Waals surface area contributed by atoms with Crippen molar-refractivity contribution in [1.29, 1.82) is 5.26 Å². The van der Waals surface area contributed by atoms with Gasteiger partial charge in [0.05, 0.1) is 17.6 Å². The fourth-order valence-corrected chi connectivity index (χ4v) is 0.770. The Bertz CT molecular complexity index is 376. The molecule has 0 saturated carbocycles. The van der Waals surface area contributed by atoms with E-state index in [1.54, 1.807) is 38.1 Å². The van der Waals surface area contributed by atoms with Crippen LogP contribution in [0.1, 0.15) is 19.4 Å². The van der Waals surface area contributed by atoms with Crippen molar-refractivity contribution < 1.29 is 14.6 Å². The molecule has 0 bridgehead atoms. The van der Waals surface area contributed by atoms with Crippen LogP contribution in [-0.2, 0) is 9.68 Å². The summed E-state index contributed by atoms with van der Waals surface area (Å²) >= 11 is 0. The van der Waals surface area contributed by atoms with Crippen LogP contribution in [0.25, 0.3) is 0 Å². The van der Waals surface area contributed by atoms with Gasteiger partial charge in [-0.1, -0.05) is 13.8 Å². The smallest absolute Gasteiger partial charge is 0.287 e. The Hall–Kier alpha value is -2.02. The maximum Gasteiger partial charge on any atom is 0.357 e. The van der Waals surface area contributed by atoms with Crippen molar-refractivity contribution in [3.63, 3.8) is 0 Å². The minimum Gasteiger partial charge on any atom is -0.287 e. The van der Waals surface area contributed by atoms with Crippen LogP contribution in [0.15, 0.2) is 24.3 Å². The number of rotatable bonds is 3. The lowest BCUT2D eigenvalue weighted by Crippen LogP contribution is -2.13. The van der Waals surface area contributed by atoms with Gasteiger partial charge in [-0.15, -0.1) is 0 Å². The van der Waals surface area contributed by atoms with Crippen molar-refractivity contribution >= 4 is 5.97 Å². The molecular formula is C11H11NO3. The van der Waals surface area contributed by atoms with Crippen molar-refractivity contribution in [3.05, 3.63) is 29.8 Å². The van der Waals surface area contributed by atoms with E-state index in [-0.39, 0.29) is 5.92 Å². The molecule has 0 spiro atoms. The molecule has 4 heteroatoms. The summed E-state index contributed by atoms with van der Waals surface area (Å²) in [6.07, 6.45) is 0. The van der Waals surface area contributed by atoms with Crippen LogP contribution in [0.2, 0.25) is 0 Å². The SMILES string of the molecule is CC(C)C(=O)OOc1ccc(C#N)cc1. The number of hydrogen-bond donors (Lipinski definition) is 0. The Kier molecular flexibility index (Phi) is 3.69. The molecule has 0 heterocycles. The van der Waals surface area contributed by atoms with E-state index in [0.29, 0.717) is 11.3 Å². The highest BCUT2D eigenvalue weighted by Crippen LogP contribution is 2.12. The number of benzene rings is 1. The second-order valence-electron chi connectivity index (χ2n) is 3.28. The van der Waals surface area contributed by atoms with E-state index in [1.807, 2.05) is 6.07 Å². The Morgan fingerprint density at radius 1 is 1.33 bits per heavy atom. The summed E-state index contributed by atoms with van der Waals surface area (Å²) in [5.41, 5.74) is 0.525. The molecule has 4 nitrogen and oxygen atoms in total. The van der Waals surface area contributed by atoms with Gasteiger partial charge in [0, 0.05) is 0 Å². The summed E-state index contributed by atoms with van der Waals surface area (Å²) in [5, 5.41) is 8.54. The summed E-state index contributed by atoms with van der Waals surface area (Å²) in [6.45, 7) is 3.43. The van der Waals surface area contributed by atoms with Crippen LogP contribution < -0.4 is 4.89 Å². The monoisotopic (exact) mass is 205 g/mol. The van der Waals surface area contributed by atoms with Crippen molar-refractivity contribution in [2.75, 3.05) is 0 Å². The third-order valence-corrected chi connectivity index (χ3v) is 1.67. The molecule has 1 rings (SSSR count). The van der Waals surface area contributed by atoms with Crippen LogP contribution >= 0.6 is 0 Å². The van der Waals surface area contributed by atoms with Crippen LogP contribution in [0.4, 0.5) is 0 Å². The molecule has 0 unspecified atom stereocenters. The largest absolute Gasteiger partial charge is 0.357 e. The predicted octanol–water partition coefficient (Wildman–Crippen LogP) is 2.05. The van der Waals surface area contributed by atoms with E-state index >= 15 is 0 Å². The zero-order chi connectivity index (χ0) is 11.3. The summed E-state index contributed by atoms with van der Waals surface area (Å²) in [6, 6.07) is 8.26. The summed E-state index contributed by atoms with van der Waals surface area (Å²) in [5.74, 6) is -0.272. The first kappa shape index (κ1) is 11.1. The van der Waals surface area contributed by atoms with Crippen LogP contribution in [0, 0.1) is 17.2 Å². The normalized spacial score (nSPS) is 9.47. The van der Waals surface area contributed by atoms with Crippen LogP contribution in [0.3, 0.4) is 0 Å². The van der Waals surface area contributed by atoms with Gasteiger partial charge in [0.1, 0.15) is 0 Å². The van der Waals surface area contributed by atoms with Gasteiger partial charge in [0.2, 0.25) is 0 Å². The molecule has 0 aliphatic rings. The molecular weight excluding hydrogens is 194 g/mol. The lowest BCUT2D eigenvalue weighted by Gasteiger charge is -2.05.